The molecule has 1 aromatic rings. The molecule has 1 aromatic heterocycles. The van der Waals surface area contributed by atoms with Gasteiger partial charge >= 0.3 is 0 Å². The Balaban J connectivity index is 1.91. The van der Waals surface area contributed by atoms with Crippen molar-refractivity contribution < 1.29 is 4.74 Å². The van der Waals surface area contributed by atoms with E-state index in [-0.39, 0.29) is 5.54 Å². The molecule has 0 radical (unpaired) electrons. The van der Waals surface area contributed by atoms with Gasteiger partial charge in [-0.2, -0.15) is 0 Å². The Morgan fingerprint density at radius 3 is 3.21 bits per heavy atom. The number of hydrogen-bond donors (Lipinski definition) is 1. The first-order chi connectivity index (χ1) is 6.71. The minimum atomic E-state index is 0.117. The van der Waals surface area contributed by atoms with Gasteiger partial charge in [-0.3, -0.25) is 0 Å². The van der Waals surface area contributed by atoms with Crippen molar-refractivity contribution in [2.45, 2.75) is 38.5 Å². The molecule has 1 aliphatic heterocycles. The monoisotopic (exact) mass is 212 g/mol. The van der Waals surface area contributed by atoms with Crippen LogP contribution >= 0.6 is 11.3 Å². The van der Waals surface area contributed by atoms with Crippen molar-refractivity contribution in [3.63, 3.8) is 0 Å². The molecule has 0 aliphatic carbocycles. The summed E-state index contributed by atoms with van der Waals surface area (Å²) in [5, 5.41) is 6.68. The van der Waals surface area contributed by atoms with E-state index in [2.05, 4.69) is 24.1 Å². The van der Waals surface area contributed by atoms with Crippen LogP contribution in [0, 0.1) is 0 Å². The van der Waals surface area contributed by atoms with Crippen molar-refractivity contribution in [3.05, 3.63) is 16.6 Å². The normalized spacial score (nSPS) is 32.3. The van der Waals surface area contributed by atoms with Crippen molar-refractivity contribution in [1.82, 2.24) is 10.3 Å². The van der Waals surface area contributed by atoms with Gasteiger partial charge < -0.3 is 10.1 Å². The van der Waals surface area contributed by atoms with E-state index in [4.69, 9.17) is 4.74 Å². The third-order valence-electron chi connectivity index (χ3n) is 3.01. The maximum Gasteiger partial charge on any atom is 0.106 e. The van der Waals surface area contributed by atoms with Gasteiger partial charge in [0.05, 0.1) is 6.10 Å². The summed E-state index contributed by atoms with van der Waals surface area (Å²) in [7, 11) is 0. The number of nitrogens with zero attached hydrogens (tertiary/aromatic N) is 1. The van der Waals surface area contributed by atoms with Gasteiger partial charge in [-0.15, -0.1) is 11.3 Å². The summed E-state index contributed by atoms with van der Waals surface area (Å²) in [5.41, 5.74) is 0.117. The Morgan fingerprint density at radius 1 is 1.79 bits per heavy atom. The molecule has 2 rings (SSSR count). The van der Waals surface area contributed by atoms with E-state index >= 15 is 0 Å². The van der Waals surface area contributed by atoms with Crippen molar-refractivity contribution >= 4 is 11.3 Å². The van der Waals surface area contributed by atoms with Gasteiger partial charge in [0.25, 0.3) is 0 Å². The van der Waals surface area contributed by atoms with E-state index < -0.39 is 0 Å². The smallest absolute Gasteiger partial charge is 0.106 e. The largest absolute Gasteiger partial charge is 0.377 e. The van der Waals surface area contributed by atoms with Gasteiger partial charge in [-0.25, -0.2) is 4.98 Å². The molecule has 2 unspecified atom stereocenters. The van der Waals surface area contributed by atoms with Crippen LogP contribution in [0.2, 0.25) is 0 Å². The Hall–Kier alpha value is -0.450. The fourth-order valence-corrected chi connectivity index (χ4v) is 2.24. The van der Waals surface area contributed by atoms with Gasteiger partial charge in [0, 0.05) is 30.3 Å². The standard InChI is InChI=1S/C10H16N2OS/c1-8-10(2,3-5-13-8)12-7-9-11-4-6-14-9/h4,6,8,12H,3,5,7H2,1-2H3. The Bertz CT molecular complexity index is 288. The van der Waals surface area contributed by atoms with E-state index in [0.29, 0.717) is 6.10 Å². The molecular weight excluding hydrogens is 196 g/mol. The zero-order valence-electron chi connectivity index (χ0n) is 8.62. The van der Waals surface area contributed by atoms with Crippen LogP contribution in [0.5, 0.6) is 0 Å². The SMILES string of the molecule is CC1OCCC1(C)NCc1nccs1. The third kappa shape index (κ3) is 1.97. The van der Waals surface area contributed by atoms with E-state index in [1.165, 1.54) is 0 Å². The van der Waals surface area contributed by atoms with Gasteiger partial charge in [0.1, 0.15) is 5.01 Å². The first-order valence-electron chi connectivity index (χ1n) is 4.96. The first kappa shape index (κ1) is 10.1. The average molecular weight is 212 g/mol. The van der Waals surface area contributed by atoms with Crippen LogP contribution in [0.1, 0.15) is 25.3 Å². The number of rotatable bonds is 3. The summed E-state index contributed by atoms with van der Waals surface area (Å²) in [5.74, 6) is 0. The minimum absolute atomic E-state index is 0.117. The zero-order chi connectivity index (χ0) is 10.0. The lowest BCUT2D eigenvalue weighted by atomic mass is 9.95. The van der Waals surface area contributed by atoms with Crippen molar-refractivity contribution in [3.8, 4) is 0 Å². The molecule has 3 nitrogen and oxygen atoms in total. The number of thiazole rings is 1. The molecule has 0 spiro atoms. The highest BCUT2D eigenvalue weighted by molar-refractivity contribution is 7.09. The predicted molar refractivity (Wildman–Crippen MR) is 57.4 cm³/mol. The molecule has 0 bridgehead atoms. The molecule has 4 heteroatoms. The molecule has 1 aliphatic rings. The zero-order valence-corrected chi connectivity index (χ0v) is 9.43. The second-order valence-electron chi connectivity index (χ2n) is 3.96. The van der Waals surface area contributed by atoms with E-state index in [0.717, 1.165) is 24.6 Å². The summed E-state index contributed by atoms with van der Waals surface area (Å²) < 4.78 is 5.56. The van der Waals surface area contributed by atoms with Crippen LogP contribution < -0.4 is 5.32 Å². The molecule has 78 valence electrons. The minimum Gasteiger partial charge on any atom is -0.377 e. The molecule has 0 amide bonds. The maximum absolute atomic E-state index is 5.56. The van der Waals surface area contributed by atoms with Gasteiger partial charge in [0.2, 0.25) is 0 Å². The molecular formula is C10H16N2OS. The molecule has 1 saturated heterocycles. The summed E-state index contributed by atoms with van der Waals surface area (Å²) in [6.07, 6.45) is 3.22. The lowest BCUT2D eigenvalue weighted by Crippen LogP contribution is -2.47. The van der Waals surface area contributed by atoms with E-state index in [1.807, 2.05) is 11.6 Å². The number of nitrogens with one attached hydrogen (secondary N) is 1. The maximum atomic E-state index is 5.56. The van der Waals surface area contributed by atoms with Crippen LogP contribution in [-0.2, 0) is 11.3 Å². The third-order valence-corrected chi connectivity index (χ3v) is 3.79. The first-order valence-corrected chi connectivity index (χ1v) is 5.84. The van der Waals surface area contributed by atoms with Crippen molar-refractivity contribution in [2.75, 3.05) is 6.61 Å². The quantitative estimate of drug-likeness (QED) is 0.829. The molecule has 2 atom stereocenters. The Morgan fingerprint density at radius 2 is 2.64 bits per heavy atom. The second-order valence-corrected chi connectivity index (χ2v) is 4.94. The molecule has 14 heavy (non-hydrogen) atoms. The van der Waals surface area contributed by atoms with Gasteiger partial charge in [0.15, 0.2) is 0 Å². The highest BCUT2D eigenvalue weighted by atomic mass is 32.1. The molecule has 2 heterocycles. The molecule has 0 aromatic carbocycles. The van der Waals surface area contributed by atoms with Gasteiger partial charge in [-0.1, -0.05) is 0 Å². The summed E-state index contributed by atoms with van der Waals surface area (Å²) in [6.45, 7) is 6.06. The second kappa shape index (κ2) is 3.96. The summed E-state index contributed by atoms with van der Waals surface area (Å²) >= 11 is 1.69. The van der Waals surface area contributed by atoms with Crippen LogP contribution in [-0.4, -0.2) is 23.2 Å². The van der Waals surface area contributed by atoms with Crippen molar-refractivity contribution in [1.29, 1.82) is 0 Å². The Labute approximate surface area is 88.5 Å². The van der Waals surface area contributed by atoms with E-state index in [9.17, 15) is 0 Å². The Kier molecular flexibility index (Phi) is 2.85. The topological polar surface area (TPSA) is 34.1 Å². The predicted octanol–water partition coefficient (Wildman–Crippen LogP) is 1.80. The summed E-state index contributed by atoms with van der Waals surface area (Å²) in [6, 6.07) is 0. The number of ether oxygens (including phenoxy) is 1. The highest BCUT2D eigenvalue weighted by Crippen LogP contribution is 2.25. The lowest BCUT2D eigenvalue weighted by Gasteiger charge is -2.28. The van der Waals surface area contributed by atoms with Crippen LogP contribution in [0.15, 0.2) is 11.6 Å². The van der Waals surface area contributed by atoms with Gasteiger partial charge in [-0.05, 0) is 20.3 Å². The van der Waals surface area contributed by atoms with Crippen LogP contribution in [0.25, 0.3) is 0 Å². The summed E-state index contributed by atoms with van der Waals surface area (Å²) in [4.78, 5) is 4.25. The lowest BCUT2D eigenvalue weighted by molar-refractivity contribution is 0.0881. The average Bonchev–Trinajstić information content (AvgIpc) is 2.75. The molecule has 1 fully saturated rings. The molecule has 0 saturated carbocycles. The fraction of sp³-hybridized carbons (Fsp3) is 0.700. The number of aromatic nitrogens is 1. The van der Waals surface area contributed by atoms with Crippen LogP contribution in [0.3, 0.4) is 0 Å². The van der Waals surface area contributed by atoms with Crippen molar-refractivity contribution in [2.24, 2.45) is 0 Å². The molecule has 1 N–H and O–H groups in total. The highest BCUT2D eigenvalue weighted by Gasteiger charge is 2.36. The van der Waals surface area contributed by atoms with Crippen LogP contribution in [0.4, 0.5) is 0 Å². The van der Waals surface area contributed by atoms with E-state index in [1.54, 1.807) is 11.3 Å². The number of hydrogen-bond acceptors (Lipinski definition) is 4. The fourth-order valence-electron chi connectivity index (χ4n) is 1.68.